The van der Waals surface area contributed by atoms with Gasteiger partial charge in [-0.2, -0.15) is 0 Å². The zero-order valence-electron chi connectivity index (χ0n) is 15.6. The fourth-order valence-corrected chi connectivity index (χ4v) is 4.60. The Labute approximate surface area is 157 Å². The lowest BCUT2D eigenvalue weighted by atomic mass is 9.71. The number of hydrogen-bond donors (Lipinski definition) is 1. The van der Waals surface area contributed by atoms with Crippen LogP contribution in [0.4, 0.5) is 0 Å². The Morgan fingerprint density at radius 2 is 1.96 bits per heavy atom. The van der Waals surface area contributed by atoms with Crippen LogP contribution in [-0.2, 0) is 20.7 Å². The smallest absolute Gasteiger partial charge is 0.311 e. The Hall–Kier alpha value is -2.89. The molecule has 6 heteroatoms. The first kappa shape index (κ1) is 17.5. The molecule has 0 radical (unpaired) electrons. The van der Waals surface area contributed by atoms with Crippen molar-refractivity contribution in [1.82, 2.24) is 9.88 Å². The van der Waals surface area contributed by atoms with E-state index in [0.717, 1.165) is 16.5 Å². The molecule has 1 aliphatic heterocycles. The van der Waals surface area contributed by atoms with Crippen LogP contribution < -0.4 is 0 Å². The van der Waals surface area contributed by atoms with E-state index in [9.17, 15) is 14.4 Å². The van der Waals surface area contributed by atoms with Crippen LogP contribution in [0.25, 0.3) is 10.9 Å². The van der Waals surface area contributed by atoms with Crippen LogP contribution in [0, 0.1) is 11.8 Å². The number of nitrogens with zero attached hydrogens (tertiary/aromatic N) is 1. The molecule has 1 N–H and O–H groups in total. The number of para-hydroxylation sites is 1. The molecule has 0 saturated carbocycles. The van der Waals surface area contributed by atoms with Gasteiger partial charge in [0.25, 0.3) is 0 Å². The molecule has 3 atom stereocenters. The Bertz CT molecular complexity index is 987. The van der Waals surface area contributed by atoms with Crippen molar-refractivity contribution in [2.75, 3.05) is 14.2 Å². The predicted molar refractivity (Wildman–Crippen MR) is 100 cm³/mol. The standard InChI is InChI=1S/C21H22N2O4/c1-11(24)15-10-23(2)17-8-14-12-6-4-5-7-16(12)22-20(14)18(25)9-13(15)19(17)21(26)27-3/h4-7,10,13,17,19,22H,8-9H2,1-3H3/t13-,17+,19+/m1/s1. The molecule has 0 unspecified atom stereocenters. The quantitative estimate of drug-likeness (QED) is 0.826. The number of carbonyl (C=O) groups excluding carboxylic acids is 3. The van der Waals surface area contributed by atoms with Crippen molar-refractivity contribution in [3.63, 3.8) is 0 Å². The van der Waals surface area contributed by atoms with Crippen molar-refractivity contribution < 1.29 is 19.1 Å². The SMILES string of the molecule is COC(=O)[C@H]1[C@@H]2CC(=O)c3[nH]c4ccccc4c3C[C@@H]1N(C)C=C2C(C)=O. The predicted octanol–water partition coefficient (Wildman–Crippen LogP) is 2.49. The number of aromatic amines is 1. The summed E-state index contributed by atoms with van der Waals surface area (Å²) in [7, 11) is 3.23. The number of ketones is 2. The van der Waals surface area contributed by atoms with Gasteiger partial charge in [-0.15, -0.1) is 0 Å². The third-order valence-electron chi connectivity index (χ3n) is 5.90. The number of rotatable bonds is 2. The summed E-state index contributed by atoms with van der Waals surface area (Å²) in [6.07, 6.45) is 2.43. The van der Waals surface area contributed by atoms with Crippen LogP contribution in [-0.4, -0.2) is 47.6 Å². The van der Waals surface area contributed by atoms with Crippen LogP contribution in [0.2, 0.25) is 0 Å². The second-order valence-corrected chi connectivity index (χ2v) is 7.38. The third kappa shape index (κ3) is 2.67. The van der Waals surface area contributed by atoms with E-state index in [4.69, 9.17) is 4.74 Å². The molecule has 1 aromatic carbocycles. The maximum absolute atomic E-state index is 13.1. The molecular formula is C21H22N2O4. The van der Waals surface area contributed by atoms with Gasteiger partial charge in [-0.25, -0.2) is 0 Å². The molecule has 6 nitrogen and oxygen atoms in total. The molecule has 0 amide bonds. The molecule has 1 aliphatic carbocycles. The van der Waals surface area contributed by atoms with Gasteiger partial charge in [0.05, 0.1) is 18.7 Å². The average molecular weight is 366 g/mol. The highest BCUT2D eigenvalue weighted by Crippen LogP contribution is 2.41. The first-order valence-corrected chi connectivity index (χ1v) is 9.07. The first-order chi connectivity index (χ1) is 12.9. The monoisotopic (exact) mass is 366 g/mol. The van der Waals surface area contributed by atoms with E-state index in [1.54, 1.807) is 6.20 Å². The van der Waals surface area contributed by atoms with E-state index in [2.05, 4.69) is 4.98 Å². The van der Waals surface area contributed by atoms with Gasteiger partial charge in [0.1, 0.15) is 0 Å². The summed E-state index contributed by atoms with van der Waals surface area (Å²) in [5, 5.41) is 0.998. The number of allylic oxidation sites excluding steroid dienone is 1. The lowest BCUT2D eigenvalue weighted by molar-refractivity contribution is -0.150. The lowest BCUT2D eigenvalue weighted by Crippen LogP contribution is -2.50. The van der Waals surface area contributed by atoms with E-state index < -0.39 is 11.8 Å². The highest BCUT2D eigenvalue weighted by atomic mass is 16.5. The van der Waals surface area contributed by atoms with Crippen molar-refractivity contribution in [2.24, 2.45) is 11.8 Å². The molecule has 1 aromatic heterocycles. The molecule has 27 heavy (non-hydrogen) atoms. The number of nitrogens with one attached hydrogen (secondary N) is 1. The van der Waals surface area contributed by atoms with Crippen LogP contribution in [0.5, 0.6) is 0 Å². The number of Topliss-reactive ketones (excluding diaryl/α,β-unsaturated/α-hetero) is 2. The molecule has 2 aromatic rings. The number of hydrogen-bond acceptors (Lipinski definition) is 5. The number of carbonyl (C=O) groups is 3. The van der Waals surface area contributed by atoms with E-state index in [-0.39, 0.29) is 30.0 Å². The highest BCUT2D eigenvalue weighted by molar-refractivity contribution is 6.04. The summed E-state index contributed by atoms with van der Waals surface area (Å²) < 4.78 is 5.07. The summed E-state index contributed by atoms with van der Waals surface area (Å²) in [6, 6.07) is 7.62. The Kier molecular flexibility index (Phi) is 4.13. The summed E-state index contributed by atoms with van der Waals surface area (Å²) in [5.41, 5.74) is 2.94. The number of H-pyrrole nitrogens is 1. The van der Waals surface area contributed by atoms with E-state index in [0.29, 0.717) is 17.7 Å². The van der Waals surface area contributed by atoms with Crippen LogP contribution in [0.1, 0.15) is 29.4 Å². The van der Waals surface area contributed by atoms with E-state index in [1.807, 2.05) is 36.2 Å². The number of aromatic nitrogens is 1. The molecule has 2 aliphatic rings. The van der Waals surface area contributed by atoms with Gasteiger partial charge >= 0.3 is 5.97 Å². The van der Waals surface area contributed by atoms with Crippen molar-refractivity contribution in [2.45, 2.75) is 25.8 Å². The zero-order chi connectivity index (χ0) is 19.3. The topological polar surface area (TPSA) is 79.5 Å². The molecular weight excluding hydrogens is 344 g/mol. The lowest BCUT2D eigenvalue weighted by Gasteiger charge is -2.43. The number of esters is 1. The molecule has 0 spiro atoms. The summed E-state index contributed by atoms with van der Waals surface area (Å²) in [6.45, 7) is 1.48. The van der Waals surface area contributed by atoms with Gasteiger partial charge in [-0.3, -0.25) is 14.4 Å². The largest absolute Gasteiger partial charge is 0.469 e. The number of benzene rings is 1. The van der Waals surface area contributed by atoms with Gasteiger partial charge in [0.2, 0.25) is 0 Å². The maximum Gasteiger partial charge on any atom is 0.311 e. The minimum atomic E-state index is -0.560. The fraction of sp³-hybridized carbons (Fsp3) is 0.381. The van der Waals surface area contributed by atoms with Gasteiger partial charge in [-0.05, 0) is 25.0 Å². The van der Waals surface area contributed by atoms with Crippen molar-refractivity contribution in [1.29, 1.82) is 0 Å². The number of likely N-dealkylation sites (N-methyl/N-ethyl adjacent to an activating group) is 1. The maximum atomic E-state index is 13.1. The summed E-state index contributed by atoms with van der Waals surface area (Å²) in [5.74, 6) is -1.60. The third-order valence-corrected chi connectivity index (χ3v) is 5.90. The Morgan fingerprint density at radius 1 is 1.22 bits per heavy atom. The van der Waals surface area contributed by atoms with Gasteiger partial charge < -0.3 is 14.6 Å². The normalized spacial score (nSPS) is 24.7. The molecule has 0 fully saturated rings. The second kappa shape index (κ2) is 6.37. The van der Waals surface area contributed by atoms with Crippen molar-refractivity contribution in [3.05, 3.63) is 47.3 Å². The Balaban J connectivity index is 1.92. The zero-order valence-corrected chi connectivity index (χ0v) is 15.6. The minimum absolute atomic E-state index is 0.0738. The highest BCUT2D eigenvalue weighted by Gasteiger charge is 2.47. The fourth-order valence-electron chi connectivity index (χ4n) is 4.60. The van der Waals surface area contributed by atoms with Crippen LogP contribution in [0.15, 0.2) is 36.0 Å². The van der Waals surface area contributed by atoms with E-state index >= 15 is 0 Å². The van der Waals surface area contributed by atoms with Crippen molar-refractivity contribution in [3.8, 4) is 0 Å². The Morgan fingerprint density at radius 3 is 2.67 bits per heavy atom. The van der Waals surface area contributed by atoms with E-state index in [1.165, 1.54) is 14.0 Å². The van der Waals surface area contributed by atoms with Gasteiger partial charge in [-0.1, -0.05) is 18.2 Å². The number of ether oxygens (including phenoxy) is 1. The van der Waals surface area contributed by atoms with Gasteiger partial charge in [0.15, 0.2) is 11.6 Å². The summed E-state index contributed by atoms with van der Waals surface area (Å²) in [4.78, 5) is 43.2. The van der Waals surface area contributed by atoms with Crippen molar-refractivity contribution >= 4 is 28.4 Å². The second-order valence-electron chi connectivity index (χ2n) is 7.38. The molecule has 2 bridgehead atoms. The molecule has 0 saturated heterocycles. The molecule has 140 valence electrons. The first-order valence-electron chi connectivity index (χ1n) is 9.07. The number of fused-ring (bicyclic) bond motifs is 5. The average Bonchev–Trinajstić information content (AvgIpc) is 3.00. The van der Waals surface area contributed by atoms with Crippen LogP contribution in [0.3, 0.4) is 0 Å². The molecule has 2 heterocycles. The summed E-state index contributed by atoms with van der Waals surface area (Å²) >= 11 is 0. The molecule has 4 rings (SSSR count). The number of methoxy groups -OCH3 is 1. The van der Waals surface area contributed by atoms with Crippen LogP contribution >= 0.6 is 0 Å². The van der Waals surface area contributed by atoms with Gasteiger partial charge in [0, 0.05) is 48.1 Å². The minimum Gasteiger partial charge on any atom is -0.469 e.